The predicted molar refractivity (Wildman–Crippen MR) is 85.1 cm³/mol. The highest BCUT2D eigenvalue weighted by Gasteiger charge is 2.40. The maximum atomic E-state index is 12.4. The second-order valence-corrected chi connectivity index (χ2v) is 6.59. The highest BCUT2D eigenvalue weighted by molar-refractivity contribution is 6.30. The summed E-state index contributed by atoms with van der Waals surface area (Å²) >= 11 is 5.98. The van der Waals surface area contributed by atoms with Crippen molar-refractivity contribution in [2.45, 2.75) is 51.2 Å². The van der Waals surface area contributed by atoms with Gasteiger partial charge in [0.25, 0.3) is 0 Å². The number of rotatable bonds is 3. The minimum absolute atomic E-state index is 0.00640. The number of benzene rings is 1. The fourth-order valence-corrected chi connectivity index (χ4v) is 3.97. The van der Waals surface area contributed by atoms with Crippen molar-refractivity contribution in [2.24, 2.45) is 5.92 Å². The molecule has 0 aromatic heterocycles. The molecule has 1 N–H and O–H groups in total. The Hall–Kier alpha value is -1.06. The summed E-state index contributed by atoms with van der Waals surface area (Å²) in [7, 11) is 0. The molecule has 114 valence electrons. The second-order valence-electron chi connectivity index (χ2n) is 6.16. The van der Waals surface area contributed by atoms with Crippen molar-refractivity contribution in [3.8, 4) is 0 Å². The molecule has 3 rings (SSSR count). The van der Waals surface area contributed by atoms with Crippen LogP contribution in [0.4, 0.5) is 0 Å². The molecule has 2 fully saturated rings. The molecule has 0 radical (unpaired) electrons. The number of carbonyl (C=O) groups excluding carboxylic acids is 1. The Morgan fingerprint density at radius 1 is 1.24 bits per heavy atom. The molecule has 1 saturated carbocycles. The zero-order valence-corrected chi connectivity index (χ0v) is 13.3. The molecular formula is C17H23ClN2O. The first-order valence-corrected chi connectivity index (χ1v) is 8.38. The van der Waals surface area contributed by atoms with E-state index in [1.807, 2.05) is 24.3 Å². The maximum Gasteiger partial charge on any atom is 0.238 e. The molecule has 4 heteroatoms. The molecule has 3 nitrogen and oxygen atoms in total. The lowest BCUT2D eigenvalue weighted by Crippen LogP contribution is -2.45. The van der Waals surface area contributed by atoms with E-state index in [-0.39, 0.29) is 12.1 Å². The molecule has 1 aromatic rings. The van der Waals surface area contributed by atoms with E-state index in [1.54, 1.807) is 0 Å². The molecule has 2 aliphatic rings. The molecular weight excluding hydrogens is 284 g/mol. The fourth-order valence-electron chi connectivity index (χ4n) is 3.85. The van der Waals surface area contributed by atoms with Crippen LogP contribution in [0.3, 0.4) is 0 Å². The molecule has 1 heterocycles. The number of hydrogen-bond donors (Lipinski definition) is 1. The van der Waals surface area contributed by atoms with Crippen LogP contribution in [0, 0.1) is 5.92 Å². The average molecular weight is 307 g/mol. The highest BCUT2D eigenvalue weighted by Crippen LogP contribution is 2.36. The van der Waals surface area contributed by atoms with E-state index in [1.165, 1.54) is 19.3 Å². The van der Waals surface area contributed by atoms with E-state index >= 15 is 0 Å². The second kappa shape index (κ2) is 6.37. The Morgan fingerprint density at radius 3 is 2.67 bits per heavy atom. The smallest absolute Gasteiger partial charge is 0.238 e. The average Bonchev–Trinajstić information content (AvgIpc) is 2.89. The molecule has 0 spiro atoms. The molecule has 0 bridgehead atoms. The molecule has 1 saturated heterocycles. The Balaban J connectivity index is 1.86. The Labute approximate surface area is 131 Å². The van der Waals surface area contributed by atoms with Crippen LogP contribution >= 0.6 is 11.6 Å². The normalized spacial score (nSPS) is 29.9. The summed E-state index contributed by atoms with van der Waals surface area (Å²) in [5.74, 6) is 0.873. The highest BCUT2D eigenvalue weighted by atomic mass is 35.5. The van der Waals surface area contributed by atoms with Gasteiger partial charge in [-0.25, -0.2) is 0 Å². The van der Waals surface area contributed by atoms with Crippen molar-refractivity contribution in [1.29, 1.82) is 0 Å². The minimum Gasteiger partial charge on any atom is -0.319 e. The number of nitrogens with zero attached hydrogens (tertiary/aromatic N) is 1. The third-order valence-electron chi connectivity index (χ3n) is 4.95. The van der Waals surface area contributed by atoms with E-state index in [2.05, 4.69) is 17.1 Å². The summed E-state index contributed by atoms with van der Waals surface area (Å²) in [4.78, 5) is 14.5. The van der Waals surface area contributed by atoms with Gasteiger partial charge in [0.1, 0.15) is 6.17 Å². The van der Waals surface area contributed by atoms with Gasteiger partial charge >= 0.3 is 0 Å². The number of hydrogen-bond acceptors (Lipinski definition) is 2. The quantitative estimate of drug-likeness (QED) is 0.922. The number of halogens is 1. The van der Waals surface area contributed by atoms with Crippen molar-refractivity contribution in [2.75, 3.05) is 6.54 Å². The van der Waals surface area contributed by atoms with Gasteiger partial charge in [0.2, 0.25) is 5.91 Å². The summed E-state index contributed by atoms with van der Waals surface area (Å²) in [6.07, 6.45) is 6.08. The molecule has 1 aliphatic heterocycles. The summed E-state index contributed by atoms with van der Waals surface area (Å²) in [6, 6.07) is 8.23. The van der Waals surface area contributed by atoms with Crippen LogP contribution in [-0.4, -0.2) is 23.4 Å². The van der Waals surface area contributed by atoms with Gasteiger partial charge in [-0.1, -0.05) is 49.9 Å². The van der Waals surface area contributed by atoms with Crippen LogP contribution in [-0.2, 0) is 4.79 Å². The molecule has 1 aliphatic carbocycles. The van der Waals surface area contributed by atoms with E-state index in [0.29, 0.717) is 18.5 Å². The van der Waals surface area contributed by atoms with E-state index < -0.39 is 0 Å². The summed E-state index contributed by atoms with van der Waals surface area (Å²) < 4.78 is 0. The zero-order chi connectivity index (χ0) is 14.8. The lowest BCUT2D eigenvalue weighted by molar-refractivity contribution is -0.132. The lowest BCUT2D eigenvalue weighted by atomic mass is 9.81. The topological polar surface area (TPSA) is 32.3 Å². The third kappa shape index (κ3) is 2.95. The molecule has 1 aromatic carbocycles. The first-order chi connectivity index (χ1) is 10.2. The van der Waals surface area contributed by atoms with Gasteiger partial charge in [0.05, 0.1) is 6.54 Å². The van der Waals surface area contributed by atoms with Gasteiger partial charge in [0, 0.05) is 11.1 Å². The fraction of sp³-hybridized carbons (Fsp3) is 0.588. The number of carbonyl (C=O) groups is 1. The van der Waals surface area contributed by atoms with Gasteiger partial charge in [0.15, 0.2) is 0 Å². The maximum absolute atomic E-state index is 12.4. The first-order valence-electron chi connectivity index (χ1n) is 8.00. The van der Waals surface area contributed by atoms with Gasteiger partial charge < -0.3 is 4.90 Å². The van der Waals surface area contributed by atoms with Gasteiger partial charge in [-0.3, -0.25) is 10.1 Å². The molecule has 21 heavy (non-hydrogen) atoms. The summed E-state index contributed by atoms with van der Waals surface area (Å²) in [6.45, 7) is 2.69. The summed E-state index contributed by atoms with van der Waals surface area (Å²) in [5.41, 5.74) is 1.13. The molecule has 3 atom stereocenters. The van der Waals surface area contributed by atoms with E-state index in [0.717, 1.165) is 23.4 Å². The van der Waals surface area contributed by atoms with Crippen molar-refractivity contribution in [1.82, 2.24) is 10.2 Å². The van der Waals surface area contributed by atoms with E-state index in [9.17, 15) is 4.79 Å². The predicted octanol–water partition coefficient (Wildman–Crippen LogP) is 3.74. The van der Waals surface area contributed by atoms with Crippen molar-refractivity contribution in [3.63, 3.8) is 0 Å². The third-order valence-corrected chi connectivity index (χ3v) is 5.20. The SMILES string of the molecule is CCC1CCCCC1N1C(=O)CNC1c1ccc(Cl)cc1. The zero-order valence-electron chi connectivity index (χ0n) is 12.5. The Morgan fingerprint density at radius 2 is 1.95 bits per heavy atom. The van der Waals surface area contributed by atoms with Gasteiger partial charge in [-0.05, 0) is 36.5 Å². The number of nitrogens with one attached hydrogen (secondary N) is 1. The monoisotopic (exact) mass is 306 g/mol. The van der Waals surface area contributed by atoms with Crippen molar-refractivity contribution in [3.05, 3.63) is 34.9 Å². The molecule has 3 unspecified atom stereocenters. The van der Waals surface area contributed by atoms with Crippen molar-refractivity contribution < 1.29 is 4.79 Å². The van der Waals surface area contributed by atoms with Crippen molar-refractivity contribution >= 4 is 17.5 Å². The van der Waals surface area contributed by atoms with Crippen LogP contribution in [0.25, 0.3) is 0 Å². The Bertz CT molecular complexity index is 502. The summed E-state index contributed by atoms with van der Waals surface area (Å²) in [5, 5.41) is 4.10. The first kappa shape index (κ1) is 14.9. The largest absolute Gasteiger partial charge is 0.319 e. The van der Waals surface area contributed by atoms with Crippen LogP contribution in [0.5, 0.6) is 0 Å². The van der Waals surface area contributed by atoms with Crippen LogP contribution in [0.2, 0.25) is 5.02 Å². The van der Waals surface area contributed by atoms with Crippen LogP contribution in [0.1, 0.15) is 50.8 Å². The van der Waals surface area contributed by atoms with Gasteiger partial charge in [-0.15, -0.1) is 0 Å². The van der Waals surface area contributed by atoms with E-state index in [4.69, 9.17) is 11.6 Å². The Kier molecular flexibility index (Phi) is 4.51. The van der Waals surface area contributed by atoms with Crippen LogP contribution in [0.15, 0.2) is 24.3 Å². The standard InChI is InChI=1S/C17H23ClN2O/c1-2-12-5-3-4-6-15(12)20-16(21)11-19-17(20)13-7-9-14(18)10-8-13/h7-10,12,15,17,19H,2-6,11H2,1H3. The minimum atomic E-state index is 0.00640. The van der Waals surface area contributed by atoms with Crippen LogP contribution < -0.4 is 5.32 Å². The lowest BCUT2D eigenvalue weighted by Gasteiger charge is -2.40. The number of amides is 1. The van der Waals surface area contributed by atoms with Gasteiger partial charge in [-0.2, -0.15) is 0 Å². The molecule has 1 amide bonds.